The second-order valence-electron chi connectivity index (χ2n) is 8.01. The monoisotopic (exact) mass is 341 g/mol. The average Bonchev–Trinajstić information content (AvgIpc) is 2.52. The minimum atomic E-state index is -0.215. The Balaban J connectivity index is 2.05. The van der Waals surface area contributed by atoms with Gasteiger partial charge in [0, 0.05) is 35.6 Å². The Labute approximate surface area is 149 Å². The minimum Gasteiger partial charge on any atom is -0.490 e. The number of para-hydroxylation sites is 1. The summed E-state index contributed by atoms with van der Waals surface area (Å²) in [6.07, 6.45) is 2.54. The zero-order chi connectivity index (χ0) is 18.2. The van der Waals surface area contributed by atoms with Gasteiger partial charge in [-0.2, -0.15) is 0 Å². The molecule has 134 valence electrons. The Morgan fingerprint density at radius 2 is 1.96 bits per heavy atom. The quantitative estimate of drug-likeness (QED) is 0.896. The summed E-state index contributed by atoms with van der Waals surface area (Å²) in [6, 6.07) is 7.80. The summed E-state index contributed by atoms with van der Waals surface area (Å²) in [5.74, 6) is 0.691. The molecule has 0 aromatic heterocycles. The lowest BCUT2D eigenvalue weighted by Crippen LogP contribution is -2.40. The molecule has 0 bridgehead atoms. The third kappa shape index (κ3) is 3.63. The number of nitrogens with one attached hydrogen (secondary N) is 1. The minimum absolute atomic E-state index is 0.0207. The summed E-state index contributed by atoms with van der Waals surface area (Å²) < 4.78 is 6.07. The van der Waals surface area contributed by atoms with Crippen LogP contribution in [0, 0.1) is 5.41 Å². The maximum atomic E-state index is 12.9. The van der Waals surface area contributed by atoms with E-state index in [0.29, 0.717) is 12.8 Å². The normalized spacial score (nSPS) is 23.8. The van der Waals surface area contributed by atoms with Gasteiger partial charge < -0.3 is 10.1 Å². The SMILES string of the molecule is CC[C@@H](C)Oc1ccccc1[C@H]1CC(=O)NC2=C1C(=O)CC(C)(C)C2. The number of Topliss-reactive ketones (excluding diaryl/α,β-unsaturated/α-hetero) is 1. The largest absolute Gasteiger partial charge is 0.490 e. The molecule has 0 fully saturated rings. The molecule has 0 saturated carbocycles. The molecule has 2 aliphatic rings. The molecule has 1 amide bonds. The van der Waals surface area contributed by atoms with Crippen molar-refractivity contribution in [3.05, 3.63) is 41.1 Å². The van der Waals surface area contributed by atoms with Crippen LogP contribution in [0.4, 0.5) is 0 Å². The topological polar surface area (TPSA) is 55.4 Å². The van der Waals surface area contributed by atoms with E-state index in [1.807, 2.05) is 31.2 Å². The number of allylic oxidation sites excluding steroid dienone is 2. The van der Waals surface area contributed by atoms with Crippen molar-refractivity contribution < 1.29 is 14.3 Å². The van der Waals surface area contributed by atoms with E-state index < -0.39 is 0 Å². The highest BCUT2D eigenvalue weighted by atomic mass is 16.5. The highest BCUT2D eigenvalue weighted by Gasteiger charge is 2.41. The fourth-order valence-electron chi connectivity index (χ4n) is 3.80. The molecule has 4 heteroatoms. The number of rotatable bonds is 4. The molecule has 1 aromatic rings. The van der Waals surface area contributed by atoms with E-state index in [1.165, 1.54) is 0 Å². The first-order valence-electron chi connectivity index (χ1n) is 9.12. The number of hydrogen-bond donors (Lipinski definition) is 1. The second-order valence-corrected chi connectivity index (χ2v) is 8.01. The summed E-state index contributed by atoms with van der Waals surface area (Å²) in [5.41, 5.74) is 2.41. The Hall–Kier alpha value is -2.10. The van der Waals surface area contributed by atoms with E-state index in [2.05, 4.69) is 26.1 Å². The van der Waals surface area contributed by atoms with E-state index in [0.717, 1.165) is 35.4 Å². The Bertz CT molecular complexity index is 732. The predicted molar refractivity (Wildman–Crippen MR) is 97.4 cm³/mol. The van der Waals surface area contributed by atoms with E-state index in [-0.39, 0.29) is 29.1 Å². The number of hydrogen-bond acceptors (Lipinski definition) is 3. The van der Waals surface area contributed by atoms with Gasteiger partial charge in [-0.15, -0.1) is 0 Å². The fourth-order valence-corrected chi connectivity index (χ4v) is 3.80. The van der Waals surface area contributed by atoms with Crippen LogP contribution in [0.2, 0.25) is 0 Å². The predicted octanol–water partition coefficient (Wildman–Crippen LogP) is 4.11. The van der Waals surface area contributed by atoms with Gasteiger partial charge in [0.1, 0.15) is 5.75 Å². The summed E-state index contributed by atoms with van der Waals surface area (Å²) in [7, 11) is 0. The van der Waals surface area contributed by atoms with E-state index in [9.17, 15) is 9.59 Å². The van der Waals surface area contributed by atoms with E-state index in [4.69, 9.17) is 4.74 Å². The molecule has 1 aliphatic heterocycles. The van der Waals surface area contributed by atoms with Gasteiger partial charge >= 0.3 is 0 Å². The highest BCUT2D eigenvalue weighted by molar-refractivity contribution is 6.02. The van der Waals surface area contributed by atoms with Gasteiger partial charge in [-0.1, -0.05) is 39.0 Å². The van der Waals surface area contributed by atoms with Crippen molar-refractivity contribution in [2.24, 2.45) is 5.41 Å². The van der Waals surface area contributed by atoms with Gasteiger partial charge in [0.2, 0.25) is 5.91 Å². The fraction of sp³-hybridized carbons (Fsp3) is 0.524. The molecular weight excluding hydrogens is 314 g/mol. The number of ketones is 1. The number of carbonyl (C=O) groups is 2. The summed E-state index contributed by atoms with van der Waals surface area (Å²) in [4.78, 5) is 25.2. The van der Waals surface area contributed by atoms with E-state index >= 15 is 0 Å². The van der Waals surface area contributed by atoms with Crippen LogP contribution in [0.1, 0.15) is 64.9 Å². The van der Waals surface area contributed by atoms with Gasteiger partial charge in [0.25, 0.3) is 0 Å². The molecular formula is C21H27NO3. The molecule has 0 spiro atoms. The highest BCUT2D eigenvalue weighted by Crippen LogP contribution is 2.45. The van der Waals surface area contributed by atoms with Crippen LogP contribution in [-0.2, 0) is 9.59 Å². The number of amides is 1. The molecule has 1 N–H and O–H groups in total. The van der Waals surface area contributed by atoms with Crippen LogP contribution in [0.3, 0.4) is 0 Å². The maximum absolute atomic E-state index is 12.9. The molecule has 1 aromatic carbocycles. The van der Waals surface area contributed by atoms with Crippen LogP contribution >= 0.6 is 0 Å². The van der Waals surface area contributed by atoms with Crippen LogP contribution in [0.15, 0.2) is 35.5 Å². The van der Waals surface area contributed by atoms with Crippen molar-refractivity contribution in [3.63, 3.8) is 0 Å². The number of benzene rings is 1. The lowest BCUT2D eigenvalue weighted by molar-refractivity contribution is -0.122. The summed E-state index contributed by atoms with van der Waals surface area (Å²) in [6.45, 7) is 8.26. The maximum Gasteiger partial charge on any atom is 0.225 e. The molecule has 0 radical (unpaired) electrons. The van der Waals surface area contributed by atoms with E-state index in [1.54, 1.807) is 0 Å². The van der Waals surface area contributed by atoms with Crippen LogP contribution in [0.25, 0.3) is 0 Å². The summed E-state index contributed by atoms with van der Waals surface area (Å²) >= 11 is 0. The first-order valence-corrected chi connectivity index (χ1v) is 9.12. The van der Waals surface area contributed by atoms with Gasteiger partial charge in [0.15, 0.2) is 5.78 Å². The smallest absolute Gasteiger partial charge is 0.225 e. The molecule has 1 heterocycles. The third-order valence-electron chi connectivity index (χ3n) is 5.15. The number of ether oxygens (including phenoxy) is 1. The molecule has 0 saturated heterocycles. The zero-order valence-corrected chi connectivity index (χ0v) is 15.5. The molecule has 0 unspecified atom stereocenters. The lowest BCUT2D eigenvalue weighted by atomic mass is 9.70. The Kier molecular flexibility index (Phi) is 4.72. The van der Waals surface area contributed by atoms with Gasteiger partial charge in [-0.25, -0.2) is 0 Å². The van der Waals surface area contributed by atoms with Crippen molar-refractivity contribution in [2.45, 2.75) is 65.4 Å². The van der Waals surface area contributed by atoms with Crippen molar-refractivity contribution in [3.8, 4) is 5.75 Å². The van der Waals surface area contributed by atoms with Gasteiger partial charge in [-0.3, -0.25) is 9.59 Å². The third-order valence-corrected chi connectivity index (χ3v) is 5.15. The molecule has 4 nitrogen and oxygen atoms in total. The Morgan fingerprint density at radius 1 is 1.24 bits per heavy atom. The molecule has 25 heavy (non-hydrogen) atoms. The van der Waals surface area contributed by atoms with Crippen molar-refractivity contribution >= 4 is 11.7 Å². The van der Waals surface area contributed by atoms with Crippen LogP contribution in [-0.4, -0.2) is 17.8 Å². The summed E-state index contributed by atoms with van der Waals surface area (Å²) in [5, 5.41) is 2.95. The van der Waals surface area contributed by atoms with Crippen LogP contribution in [0.5, 0.6) is 5.75 Å². The van der Waals surface area contributed by atoms with Crippen LogP contribution < -0.4 is 10.1 Å². The molecule has 3 rings (SSSR count). The Morgan fingerprint density at radius 3 is 2.68 bits per heavy atom. The first kappa shape index (κ1) is 17.7. The zero-order valence-electron chi connectivity index (χ0n) is 15.5. The average molecular weight is 341 g/mol. The van der Waals surface area contributed by atoms with Gasteiger partial charge in [0.05, 0.1) is 6.10 Å². The molecule has 2 atom stereocenters. The standard InChI is InChI=1S/C21H27NO3/c1-5-13(2)25-18-9-7-6-8-14(18)15-10-19(24)22-16-11-21(3,4)12-17(23)20(15)16/h6-9,13,15H,5,10-12H2,1-4H3,(H,22,24)/t13-,15-/m1/s1. The van der Waals surface area contributed by atoms with Gasteiger partial charge in [-0.05, 0) is 31.2 Å². The van der Waals surface area contributed by atoms with Crippen molar-refractivity contribution in [2.75, 3.05) is 0 Å². The lowest BCUT2D eigenvalue weighted by Gasteiger charge is -2.38. The first-order chi connectivity index (χ1) is 11.8. The second kappa shape index (κ2) is 6.66. The number of carbonyl (C=O) groups excluding carboxylic acids is 2. The molecule has 1 aliphatic carbocycles. The van der Waals surface area contributed by atoms with Crippen molar-refractivity contribution in [1.29, 1.82) is 0 Å². The van der Waals surface area contributed by atoms with Crippen molar-refractivity contribution in [1.82, 2.24) is 5.32 Å².